The van der Waals surface area contributed by atoms with Gasteiger partial charge in [-0.2, -0.15) is 5.10 Å². The van der Waals surface area contributed by atoms with Crippen LogP contribution in [0.2, 0.25) is 0 Å². The number of nitrogen functional groups attached to an aromatic ring is 1. The number of piperidine rings is 1. The summed E-state index contributed by atoms with van der Waals surface area (Å²) in [6.07, 6.45) is 2.69. The highest BCUT2D eigenvalue weighted by atomic mass is 16.2. The van der Waals surface area contributed by atoms with Gasteiger partial charge in [0, 0.05) is 18.7 Å². The molecular formula is C12H12N4O2. The summed E-state index contributed by atoms with van der Waals surface area (Å²) in [5, 5.41) is 6.43. The highest BCUT2D eigenvalue weighted by molar-refractivity contribution is 6.01. The number of pyridine rings is 1. The Morgan fingerprint density at radius 2 is 2.22 bits per heavy atom. The molecule has 1 fully saturated rings. The van der Waals surface area contributed by atoms with Crippen LogP contribution in [0, 0.1) is 0 Å². The average Bonchev–Trinajstić information content (AvgIpc) is 2.68. The molecule has 2 aromatic rings. The van der Waals surface area contributed by atoms with E-state index in [2.05, 4.69) is 10.4 Å². The Hall–Kier alpha value is -2.37. The Morgan fingerprint density at radius 1 is 1.39 bits per heavy atom. The molecule has 18 heavy (non-hydrogen) atoms. The zero-order valence-electron chi connectivity index (χ0n) is 9.59. The molecule has 0 radical (unpaired) electrons. The summed E-state index contributed by atoms with van der Waals surface area (Å²) in [4.78, 5) is 22.9. The van der Waals surface area contributed by atoms with E-state index in [-0.39, 0.29) is 17.7 Å². The number of hydrogen-bond donors (Lipinski definition) is 2. The highest BCUT2D eigenvalue weighted by Crippen LogP contribution is 2.25. The summed E-state index contributed by atoms with van der Waals surface area (Å²) in [5.74, 6) is -0.270. The van der Waals surface area contributed by atoms with Gasteiger partial charge in [-0.1, -0.05) is 0 Å². The van der Waals surface area contributed by atoms with E-state index >= 15 is 0 Å². The number of aromatic nitrogens is 2. The van der Waals surface area contributed by atoms with E-state index in [1.54, 1.807) is 16.8 Å². The first-order chi connectivity index (χ1) is 8.63. The van der Waals surface area contributed by atoms with Crippen LogP contribution < -0.4 is 11.1 Å². The quantitative estimate of drug-likeness (QED) is 0.712. The number of carbonyl (C=O) groups is 2. The van der Waals surface area contributed by atoms with Crippen molar-refractivity contribution in [3.8, 4) is 0 Å². The topological polar surface area (TPSA) is 89.5 Å². The number of nitrogens with one attached hydrogen (secondary N) is 1. The summed E-state index contributed by atoms with van der Waals surface area (Å²) in [6.45, 7) is 0. The smallest absolute Gasteiger partial charge is 0.234 e. The van der Waals surface area contributed by atoms with Gasteiger partial charge in [-0.15, -0.1) is 0 Å². The molecule has 1 aliphatic heterocycles. The summed E-state index contributed by atoms with van der Waals surface area (Å²) >= 11 is 0. The molecule has 1 saturated heterocycles. The zero-order chi connectivity index (χ0) is 12.7. The first-order valence-electron chi connectivity index (χ1n) is 5.72. The lowest BCUT2D eigenvalue weighted by Crippen LogP contribution is -2.39. The van der Waals surface area contributed by atoms with Crippen molar-refractivity contribution in [2.75, 3.05) is 5.73 Å². The Morgan fingerprint density at radius 3 is 3.00 bits per heavy atom. The van der Waals surface area contributed by atoms with Crippen LogP contribution in [-0.4, -0.2) is 21.4 Å². The van der Waals surface area contributed by atoms with Gasteiger partial charge >= 0.3 is 0 Å². The van der Waals surface area contributed by atoms with E-state index in [4.69, 9.17) is 5.73 Å². The lowest BCUT2D eigenvalue weighted by molar-refractivity contribution is -0.134. The molecule has 0 aromatic carbocycles. The second kappa shape index (κ2) is 3.83. The van der Waals surface area contributed by atoms with Gasteiger partial charge in [0.05, 0.1) is 11.4 Å². The molecule has 2 aromatic heterocycles. The first-order valence-corrected chi connectivity index (χ1v) is 5.72. The van der Waals surface area contributed by atoms with E-state index in [0.717, 1.165) is 11.1 Å². The van der Waals surface area contributed by atoms with Crippen LogP contribution in [0.25, 0.3) is 5.52 Å². The van der Waals surface area contributed by atoms with E-state index in [1.807, 2.05) is 12.1 Å². The molecule has 1 aliphatic rings. The van der Waals surface area contributed by atoms with E-state index < -0.39 is 0 Å². The third-order valence-corrected chi connectivity index (χ3v) is 3.15. The van der Waals surface area contributed by atoms with Gasteiger partial charge in [0.25, 0.3) is 0 Å². The largest absolute Gasteiger partial charge is 0.382 e. The summed E-state index contributed by atoms with van der Waals surface area (Å²) in [7, 11) is 0. The third kappa shape index (κ3) is 1.71. The van der Waals surface area contributed by atoms with Gasteiger partial charge in [-0.3, -0.25) is 14.9 Å². The predicted molar refractivity (Wildman–Crippen MR) is 64.7 cm³/mol. The number of nitrogens with two attached hydrogens (primary N) is 1. The predicted octanol–water partition coefficient (Wildman–Crippen LogP) is 0.437. The number of imide groups is 1. The van der Waals surface area contributed by atoms with Gasteiger partial charge in [0.1, 0.15) is 5.82 Å². The lowest BCUT2D eigenvalue weighted by atomic mass is 9.91. The van der Waals surface area contributed by atoms with Crippen molar-refractivity contribution in [3.63, 3.8) is 0 Å². The molecule has 1 unspecified atom stereocenters. The van der Waals surface area contributed by atoms with Crippen LogP contribution in [0.1, 0.15) is 24.3 Å². The molecule has 3 rings (SSSR count). The fourth-order valence-corrected chi connectivity index (χ4v) is 2.26. The van der Waals surface area contributed by atoms with Gasteiger partial charge < -0.3 is 5.73 Å². The van der Waals surface area contributed by atoms with Crippen molar-refractivity contribution in [1.82, 2.24) is 14.9 Å². The van der Waals surface area contributed by atoms with E-state index in [1.165, 1.54) is 0 Å². The fraction of sp³-hybridized carbons (Fsp3) is 0.250. The highest BCUT2D eigenvalue weighted by Gasteiger charge is 2.28. The fourth-order valence-electron chi connectivity index (χ4n) is 2.26. The maximum Gasteiger partial charge on any atom is 0.234 e. The van der Waals surface area contributed by atoms with Crippen LogP contribution in [-0.2, 0) is 9.59 Å². The molecule has 6 nitrogen and oxygen atoms in total. The number of hydrogen-bond acceptors (Lipinski definition) is 4. The first kappa shape index (κ1) is 10.8. The molecular weight excluding hydrogens is 232 g/mol. The van der Waals surface area contributed by atoms with Crippen LogP contribution in [0.15, 0.2) is 24.4 Å². The van der Waals surface area contributed by atoms with Crippen molar-refractivity contribution in [3.05, 3.63) is 30.0 Å². The second-order valence-corrected chi connectivity index (χ2v) is 4.40. The number of fused-ring (bicyclic) bond motifs is 1. The standard InChI is InChI=1S/C12H12N4O2/c13-10-6-8-5-7(3-4-16(8)15-10)9-1-2-11(17)14-12(9)18/h3-6,9H,1-2H2,(H2,13,15)(H,14,17,18). The normalized spacial score (nSPS) is 20.1. The van der Waals surface area contributed by atoms with Crippen LogP contribution >= 0.6 is 0 Å². The minimum atomic E-state index is -0.274. The maximum absolute atomic E-state index is 11.8. The Balaban J connectivity index is 1.98. The van der Waals surface area contributed by atoms with Crippen molar-refractivity contribution in [2.24, 2.45) is 0 Å². The molecule has 1 atom stereocenters. The monoisotopic (exact) mass is 244 g/mol. The van der Waals surface area contributed by atoms with Crippen molar-refractivity contribution in [2.45, 2.75) is 18.8 Å². The van der Waals surface area contributed by atoms with Gasteiger partial charge in [0.15, 0.2) is 0 Å². The third-order valence-electron chi connectivity index (χ3n) is 3.15. The number of nitrogens with zero attached hydrogens (tertiary/aromatic N) is 2. The SMILES string of the molecule is Nc1cc2cc(C3CCC(=O)NC3=O)ccn2n1. The number of amides is 2. The molecule has 0 spiro atoms. The van der Waals surface area contributed by atoms with Crippen molar-refractivity contribution >= 4 is 23.1 Å². The summed E-state index contributed by atoms with van der Waals surface area (Å²) in [5.41, 5.74) is 7.33. The molecule has 2 amide bonds. The van der Waals surface area contributed by atoms with Crippen molar-refractivity contribution in [1.29, 1.82) is 0 Å². The van der Waals surface area contributed by atoms with Crippen molar-refractivity contribution < 1.29 is 9.59 Å². The zero-order valence-corrected chi connectivity index (χ0v) is 9.59. The Kier molecular flexibility index (Phi) is 2.29. The minimum absolute atomic E-state index is 0.203. The van der Waals surface area contributed by atoms with Gasteiger partial charge in [0.2, 0.25) is 11.8 Å². The van der Waals surface area contributed by atoms with Crippen LogP contribution in [0.4, 0.5) is 5.82 Å². The molecule has 0 aliphatic carbocycles. The summed E-state index contributed by atoms with van der Waals surface area (Å²) < 4.78 is 1.66. The second-order valence-electron chi connectivity index (χ2n) is 4.40. The van der Waals surface area contributed by atoms with Crippen LogP contribution in [0.5, 0.6) is 0 Å². The van der Waals surface area contributed by atoms with Crippen LogP contribution in [0.3, 0.4) is 0 Å². The molecule has 3 N–H and O–H groups in total. The van der Waals surface area contributed by atoms with E-state index in [9.17, 15) is 9.59 Å². The molecule has 92 valence electrons. The van der Waals surface area contributed by atoms with Gasteiger partial charge in [-0.25, -0.2) is 4.52 Å². The van der Waals surface area contributed by atoms with Gasteiger partial charge in [-0.05, 0) is 24.1 Å². The summed E-state index contributed by atoms with van der Waals surface area (Å²) in [6, 6.07) is 5.46. The lowest BCUT2D eigenvalue weighted by Gasteiger charge is -2.21. The Labute approximate surface area is 103 Å². The van der Waals surface area contributed by atoms with E-state index in [0.29, 0.717) is 18.7 Å². The molecule has 0 saturated carbocycles. The average molecular weight is 244 g/mol. The Bertz CT molecular complexity index is 647. The number of anilines is 1. The molecule has 3 heterocycles. The minimum Gasteiger partial charge on any atom is -0.382 e. The molecule has 0 bridgehead atoms. The number of carbonyl (C=O) groups excluding carboxylic acids is 2. The number of rotatable bonds is 1. The maximum atomic E-state index is 11.8. The molecule has 6 heteroatoms.